The zero-order chi connectivity index (χ0) is 19.7. The Bertz CT molecular complexity index is 880. The average molecular weight is 426 g/mol. The number of nitrogens with one attached hydrogen (secondary N) is 2. The topological polar surface area (TPSA) is 79.3 Å². The van der Waals surface area contributed by atoms with Crippen molar-refractivity contribution in [3.05, 3.63) is 47.8 Å². The SMILES string of the molecule is Cl.O=C(NC1CCN(c2c(F)cccc2F)C1=O)c1ccn(C2CCCNC2)n1. The summed E-state index contributed by atoms with van der Waals surface area (Å²) in [6.45, 7) is 1.91. The van der Waals surface area contributed by atoms with Crippen molar-refractivity contribution in [1.82, 2.24) is 20.4 Å². The van der Waals surface area contributed by atoms with Crippen LogP contribution in [0.5, 0.6) is 0 Å². The van der Waals surface area contributed by atoms with Crippen molar-refractivity contribution in [3.63, 3.8) is 0 Å². The van der Waals surface area contributed by atoms with Crippen molar-refractivity contribution in [2.24, 2.45) is 0 Å². The number of amides is 2. The van der Waals surface area contributed by atoms with Crippen LogP contribution in [-0.2, 0) is 4.79 Å². The minimum Gasteiger partial charge on any atom is -0.339 e. The molecule has 0 aliphatic carbocycles. The zero-order valence-corrected chi connectivity index (χ0v) is 16.4. The number of halogens is 3. The normalized spacial score (nSPS) is 21.7. The van der Waals surface area contributed by atoms with Gasteiger partial charge in [-0.1, -0.05) is 6.07 Å². The van der Waals surface area contributed by atoms with Crippen LogP contribution in [0.3, 0.4) is 0 Å². The monoisotopic (exact) mass is 425 g/mol. The Labute approximate surface area is 172 Å². The second-order valence-corrected chi connectivity index (χ2v) is 7.06. The summed E-state index contributed by atoms with van der Waals surface area (Å²) in [5, 5.41) is 10.3. The molecule has 0 saturated carbocycles. The van der Waals surface area contributed by atoms with Crippen molar-refractivity contribution < 1.29 is 18.4 Å². The lowest BCUT2D eigenvalue weighted by atomic mass is 10.1. The van der Waals surface area contributed by atoms with Gasteiger partial charge in [0.15, 0.2) is 0 Å². The van der Waals surface area contributed by atoms with Gasteiger partial charge in [-0.05, 0) is 44.0 Å². The number of benzene rings is 1. The second-order valence-electron chi connectivity index (χ2n) is 7.06. The highest BCUT2D eigenvalue weighted by molar-refractivity contribution is 6.03. The van der Waals surface area contributed by atoms with Crippen LogP contribution < -0.4 is 15.5 Å². The molecular weight excluding hydrogens is 404 g/mol. The molecule has 1 aromatic carbocycles. The number of hydrogen-bond acceptors (Lipinski definition) is 4. The Kier molecular flexibility index (Phi) is 6.49. The Morgan fingerprint density at radius 3 is 2.66 bits per heavy atom. The number of para-hydroxylation sites is 1. The molecule has 2 atom stereocenters. The van der Waals surface area contributed by atoms with Gasteiger partial charge in [-0.3, -0.25) is 14.3 Å². The first-order valence-corrected chi connectivity index (χ1v) is 9.36. The van der Waals surface area contributed by atoms with Gasteiger partial charge >= 0.3 is 0 Å². The summed E-state index contributed by atoms with van der Waals surface area (Å²) < 4.78 is 29.7. The number of aromatic nitrogens is 2. The molecule has 1 aromatic heterocycles. The maximum absolute atomic E-state index is 14.0. The van der Waals surface area contributed by atoms with E-state index in [1.54, 1.807) is 16.9 Å². The van der Waals surface area contributed by atoms with Crippen LogP contribution in [0.1, 0.15) is 35.8 Å². The minimum absolute atomic E-state index is 0. The Hall–Kier alpha value is -2.52. The van der Waals surface area contributed by atoms with Crippen LogP contribution in [-0.4, -0.2) is 47.3 Å². The molecular formula is C19H22ClF2N5O2. The molecule has 29 heavy (non-hydrogen) atoms. The Balaban J connectivity index is 0.00000240. The van der Waals surface area contributed by atoms with Crippen molar-refractivity contribution in [2.45, 2.75) is 31.3 Å². The van der Waals surface area contributed by atoms with Crippen molar-refractivity contribution in [1.29, 1.82) is 0 Å². The molecule has 2 unspecified atom stereocenters. The zero-order valence-electron chi connectivity index (χ0n) is 15.6. The predicted molar refractivity (Wildman–Crippen MR) is 105 cm³/mol. The molecule has 2 amide bonds. The molecule has 2 aliphatic rings. The van der Waals surface area contributed by atoms with E-state index in [9.17, 15) is 18.4 Å². The molecule has 2 aromatic rings. The molecule has 7 nitrogen and oxygen atoms in total. The van der Waals surface area contributed by atoms with Crippen LogP contribution in [0.15, 0.2) is 30.5 Å². The summed E-state index contributed by atoms with van der Waals surface area (Å²) in [5.74, 6) is -2.62. The van der Waals surface area contributed by atoms with Gasteiger partial charge in [0.1, 0.15) is 29.1 Å². The quantitative estimate of drug-likeness (QED) is 0.785. The Morgan fingerprint density at radius 1 is 1.21 bits per heavy atom. The van der Waals surface area contributed by atoms with Crippen molar-refractivity contribution in [2.75, 3.05) is 24.5 Å². The lowest BCUT2D eigenvalue weighted by Gasteiger charge is -2.22. The highest BCUT2D eigenvalue weighted by Gasteiger charge is 2.36. The van der Waals surface area contributed by atoms with E-state index in [1.165, 1.54) is 6.07 Å². The molecule has 156 valence electrons. The van der Waals surface area contributed by atoms with Gasteiger partial charge in [-0.15, -0.1) is 12.4 Å². The van der Waals surface area contributed by atoms with Crippen molar-refractivity contribution >= 4 is 29.9 Å². The first-order valence-electron chi connectivity index (χ1n) is 9.36. The van der Waals surface area contributed by atoms with Crippen molar-refractivity contribution in [3.8, 4) is 0 Å². The van der Waals surface area contributed by atoms with Gasteiger partial charge < -0.3 is 15.5 Å². The van der Waals surface area contributed by atoms with E-state index in [0.29, 0.717) is 0 Å². The maximum atomic E-state index is 14.0. The first kappa shape index (κ1) is 21.2. The summed E-state index contributed by atoms with van der Waals surface area (Å²) >= 11 is 0. The number of carbonyl (C=O) groups excluding carboxylic acids is 2. The molecule has 2 saturated heterocycles. The van der Waals surface area contributed by atoms with E-state index in [0.717, 1.165) is 43.0 Å². The minimum atomic E-state index is -0.840. The third-order valence-corrected chi connectivity index (χ3v) is 5.20. The number of carbonyl (C=O) groups is 2. The van der Waals surface area contributed by atoms with Gasteiger partial charge in [0.2, 0.25) is 5.91 Å². The number of rotatable bonds is 4. The molecule has 4 rings (SSSR count). The largest absolute Gasteiger partial charge is 0.339 e. The van der Waals surface area contributed by atoms with Crippen LogP contribution in [0.4, 0.5) is 14.5 Å². The van der Waals surface area contributed by atoms with Gasteiger partial charge in [0.25, 0.3) is 5.91 Å². The van der Waals surface area contributed by atoms with E-state index in [1.807, 2.05) is 0 Å². The highest BCUT2D eigenvalue weighted by atomic mass is 35.5. The molecule has 2 N–H and O–H groups in total. The maximum Gasteiger partial charge on any atom is 0.272 e. The summed E-state index contributed by atoms with van der Waals surface area (Å²) in [5.41, 5.74) is -0.160. The lowest BCUT2D eigenvalue weighted by molar-refractivity contribution is -0.118. The highest BCUT2D eigenvalue weighted by Crippen LogP contribution is 2.27. The molecule has 10 heteroatoms. The molecule has 3 heterocycles. The molecule has 0 bridgehead atoms. The third kappa shape index (κ3) is 4.25. The van der Waals surface area contributed by atoms with E-state index < -0.39 is 29.5 Å². The third-order valence-electron chi connectivity index (χ3n) is 5.20. The van der Waals surface area contributed by atoms with Gasteiger partial charge in [-0.25, -0.2) is 8.78 Å². The van der Waals surface area contributed by atoms with Crippen LogP contribution in [0, 0.1) is 11.6 Å². The molecule has 2 aliphatic heterocycles. The van der Waals surface area contributed by atoms with Gasteiger partial charge in [-0.2, -0.15) is 5.10 Å². The number of nitrogens with zero attached hydrogens (tertiary/aromatic N) is 3. The standard InChI is InChI=1S/C19H21F2N5O2.ClH/c20-13-4-1-5-14(21)17(13)25-9-6-16(19(25)28)23-18(27)15-7-10-26(24-15)12-3-2-8-22-11-12;/h1,4-5,7,10,12,16,22H,2-3,6,8-9,11H2,(H,23,27);1H. The van der Waals surface area contributed by atoms with E-state index in [-0.39, 0.29) is 42.8 Å². The average Bonchev–Trinajstić information content (AvgIpc) is 3.31. The first-order chi connectivity index (χ1) is 13.5. The molecule has 2 fully saturated rings. The predicted octanol–water partition coefficient (Wildman–Crippen LogP) is 2.04. The van der Waals surface area contributed by atoms with E-state index in [4.69, 9.17) is 0 Å². The fourth-order valence-electron chi connectivity index (χ4n) is 3.74. The number of piperidine rings is 1. The van der Waals surface area contributed by atoms with Crippen LogP contribution in [0.2, 0.25) is 0 Å². The van der Waals surface area contributed by atoms with Crippen LogP contribution >= 0.6 is 12.4 Å². The number of hydrogen-bond donors (Lipinski definition) is 2. The summed E-state index contributed by atoms with van der Waals surface area (Å²) in [6, 6.07) is 4.41. The van der Waals surface area contributed by atoms with E-state index >= 15 is 0 Å². The van der Waals surface area contributed by atoms with E-state index in [2.05, 4.69) is 15.7 Å². The smallest absolute Gasteiger partial charge is 0.272 e. The lowest BCUT2D eigenvalue weighted by Crippen LogP contribution is -2.42. The summed E-state index contributed by atoms with van der Waals surface area (Å²) in [6.07, 6.45) is 4.06. The fraction of sp³-hybridized carbons (Fsp3) is 0.421. The Morgan fingerprint density at radius 2 is 1.97 bits per heavy atom. The summed E-state index contributed by atoms with van der Waals surface area (Å²) in [4.78, 5) is 26.1. The second kappa shape index (κ2) is 8.87. The number of anilines is 1. The van der Waals surface area contributed by atoms with Crippen LogP contribution in [0.25, 0.3) is 0 Å². The van der Waals surface area contributed by atoms with Gasteiger partial charge in [0, 0.05) is 19.3 Å². The summed E-state index contributed by atoms with van der Waals surface area (Å²) in [7, 11) is 0. The molecule has 0 spiro atoms. The fourth-order valence-corrected chi connectivity index (χ4v) is 3.74. The molecule has 0 radical (unpaired) electrons. The van der Waals surface area contributed by atoms with Gasteiger partial charge in [0.05, 0.1) is 6.04 Å².